The molecular weight excluding hydrogens is 320 g/mol. The molecule has 1 heterocycles. The Morgan fingerprint density at radius 3 is 1.62 bits per heavy atom. The van der Waals surface area contributed by atoms with E-state index in [0.29, 0.717) is 6.04 Å². The number of methoxy groups -OCH3 is 1. The molecule has 0 N–H and O–H groups in total. The Kier molecular flexibility index (Phi) is 5.03. The van der Waals surface area contributed by atoms with Crippen molar-refractivity contribution in [3.8, 4) is 0 Å². The Balaban J connectivity index is 2.09. The molecule has 0 radical (unpaired) electrons. The van der Waals surface area contributed by atoms with Gasteiger partial charge in [0, 0.05) is 31.1 Å². The fourth-order valence-electron chi connectivity index (χ4n) is 4.81. The normalized spacial score (nSPS) is 20.2. The molecule has 3 rings (SSSR count). The van der Waals surface area contributed by atoms with E-state index in [-0.39, 0.29) is 6.35 Å². The maximum atomic E-state index is 6.05. The van der Waals surface area contributed by atoms with Crippen LogP contribution in [-0.4, -0.2) is 26.0 Å². The van der Waals surface area contributed by atoms with Crippen LogP contribution >= 0.6 is 0 Å². The molecule has 1 fully saturated rings. The van der Waals surface area contributed by atoms with E-state index in [2.05, 4.69) is 82.5 Å². The Hall–Kier alpha value is -2.00. The van der Waals surface area contributed by atoms with Crippen molar-refractivity contribution in [2.75, 3.05) is 23.5 Å². The first-order valence-electron chi connectivity index (χ1n) is 9.48. The molecule has 2 unspecified atom stereocenters. The van der Waals surface area contributed by atoms with E-state index in [4.69, 9.17) is 4.74 Å². The summed E-state index contributed by atoms with van der Waals surface area (Å²) in [5.41, 5.74) is 10.5. The molecule has 1 aliphatic heterocycles. The molecule has 0 spiro atoms. The van der Waals surface area contributed by atoms with Crippen LogP contribution in [0.1, 0.15) is 40.3 Å². The lowest BCUT2D eigenvalue weighted by Gasteiger charge is -2.35. The fraction of sp³-hybridized carbons (Fsp3) is 0.478. The third-order valence-corrected chi connectivity index (χ3v) is 5.47. The quantitative estimate of drug-likeness (QED) is 0.757. The molecule has 2 aromatic rings. The Morgan fingerprint density at radius 2 is 1.19 bits per heavy atom. The first-order valence-corrected chi connectivity index (χ1v) is 9.48. The smallest absolute Gasteiger partial charge is 0.210 e. The van der Waals surface area contributed by atoms with Crippen molar-refractivity contribution < 1.29 is 4.74 Å². The monoisotopic (exact) mass is 352 g/mol. The van der Waals surface area contributed by atoms with Crippen LogP contribution in [0.2, 0.25) is 0 Å². The number of benzene rings is 2. The third kappa shape index (κ3) is 3.09. The third-order valence-electron chi connectivity index (χ3n) is 5.47. The summed E-state index contributed by atoms with van der Waals surface area (Å²) in [5.74, 6) is 0. The highest BCUT2D eigenvalue weighted by molar-refractivity contribution is 5.68. The first-order chi connectivity index (χ1) is 12.2. The minimum Gasteiger partial charge on any atom is -0.344 e. The molecule has 26 heavy (non-hydrogen) atoms. The summed E-state index contributed by atoms with van der Waals surface area (Å²) in [6.07, 6.45) is -0.0924. The van der Waals surface area contributed by atoms with E-state index < -0.39 is 0 Å². The van der Waals surface area contributed by atoms with Gasteiger partial charge in [-0.05, 0) is 70.7 Å². The predicted molar refractivity (Wildman–Crippen MR) is 111 cm³/mol. The Morgan fingerprint density at radius 1 is 0.769 bits per heavy atom. The van der Waals surface area contributed by atoms with E-state index in [9.17, 15) is 0 Å². The zero-order valence-corrected chi connectivity index (χ0v) is 17.5. The number of hydrogen-bond acceptors (Lipinski definition) is 3. The molecule has 2 atom stereocenters. The van der Waals surface area contributed by atoms with Crippen molar-refractivity contribution in [3.05, 3.63) is 57.6 Å². The van der Waals surface area contributed by atoms with Gasteiger partial charge >= 0.3 is 0 Å². The lowest BCUT2D eigenvalue weighted by Crippen LogP contribution is -2.43. The van der Waals surface area contributed by atoms with Crippen molar-refractivity contribution in [2.45, 2.75) is 60.9 Å². The number of hydrogen-bond donors (Lipinski definition) is 0. The molecule has 3 nitrogen and oxygen atoms in total. The van der Waals surface area contributed by atoms with Crippen LogP contribution in [0.5, 0.6) is 0 Å². The summed E-state index contributed by atoms with van der Waals surface area (Å²) in [6.45, 7) is 16.4. The molecule has 0 aliphatic carbocycles. The van der Waals surface area contributed by atoms with Gasteiger partial charge in [-0.2, -0.15) is 0 Å². The van der Waals surface area contributed by atoms with Gasteiger partial charge in [-0.25, -0.2) is 0 Å². The van der Waals surface area contributed by atoms with Crippen LogP contribution in [0.3, 0.4) is 0 Å². The number of anilines is 2. The molecule has 2 aromatic carbocycles. The van der Waals surface area contributed by atoms with Crippen LogP contribution in [0.25, 0.3) is 0 Å². The lowest BCUT2D eigenvalue weighted by molar-refractivity contribution is 0.111. The molecule has 1 aliphatic rings. The largest absolute Gasteiger partial charge is 0.344 e. The molecule has 3 heteroatoms. The minimum atomic E-state index is -0.0924. The van der Waals surface area contributed by atoms with Crippen LogP contribution in [-0.2, 0) is 4.74 Å². The molecule has 0 saturated carbocycles. The second-order valence-electron chi connectivity index (χ2n) is 7.97. The highest BCUT2D eigenvalue weighted by Crippen LogP contribution is 2.38. The summed E-state index contributed by atoms with van der Waals surface area (Å²) in [6, 6.07) is 9.45. The van der Waals surface area contributed by atoms with Gasteiger partial charge in [0.15, 0.2) is 0 Å². The Labute approximate surface area is 158 Å². The number of ether oxygens (including phenoxy) is 1. The van der Waals surface area contributed by atoms with Gasteiger partial charge in [0.2, 0.25) is 6.35 Å². The van der Waals surface area contributed by atoms with Crippen molar-refractivity contribution >= 4 is 11.4 Å². The standard InChI is InChI=1S/C23H32N2O/c1-14-9-16(3)21(17(4)10-14)24-13-20(7)25(23(24)26-8)22-18(5)11-15(2)12-19(22)6/h9-12,20,23H,13H2,1-8H3. The summed E-state index contributed by atoms with van der Waals surface area (Å²) in [4.78, 5) is 4.87. The molecular formula is C23H32N2O. The lowest BCUT2D eigenvalue weighted by atomic mass is 10.0. The van der Waals surface area contributed by atoms with Crippen LogP contribution in [0.4, 0.5) is 11.4 Å². The van der Waals surface area contributed by atoms with Crippen LogP contribution in [0, 0.1) is 41.5 Å². The van der Waals surface area contributed by atoms with Crippen LogP contribution < -0.4 is 9.80 Å². The van der Waals surface area contributed by atoms with Crippen LogP contribution in [0.15, 0.2) is 24.3 Å². The van der Waals surface area contributed by atoms with E-state index in [1.54, 1.807) is 0 Å². The van der Waals surface area contributed by atoms with Gasteiger partial charge in [-0.1, -0.05) is 35.4 Å². The fourth-order valence-corrected chi connectivity index (χ4v) is 4.81. The van der Waals surface area contributed by atoms with Crippen molar-refractivity contribution in [3.63, 3.8) is 0 Å². The average molecular weight is 353 g/mol. The van der Waals surface area contributed by atoms with E-state index in [1.807, 2.05) is 7.11 Å². The van der Waals surface area contributed by atoms with Gasteiger partial charge in [0.05, 0.1) is 0 Å². The molecule has 1 saturated heterocycles. The predicted octanol–water partition coefficient (Wildman–Crippen LogP) is 5.18. The highest BCUT2D eigenvalue weighted by atomic mass is 16.5. The number of rotatable bonds is 3. The maximum absolute atomic E-state index is 6.05. The van der Waals surface area contributed by atoms with Crippen molar-refractivity contribution in [1.29, 1.82) is 0 Å². The zero-order valence-electron chi connectivity index (χ0n) is 17.5. The summed E-state index contributed by atoms with van der Waals surface area (Å²) < 4.78 is 6.05. The van der Waals surface area contributed by atoms with Gasteiger partial charge in [-0.3, -0.25) is 0 Å². The molecule has 0 aromatic heterocycles. The average Bonchev–Trinajstić information content (AvgIpc) is 2.81. The van der Waals surface area contributed by atoms with E-state index in [0.717, 1.165) is 6.54 Å². The summed E-state index contributed by atoms with van der Waals surface area (Å²) >= 11 is 0. The highest BCUT2D eigenvalue weighted by Gasteiger charge is 2.39. The second kappa shape index (κ2) is 6.96. The molecule has 0 bridgehead atoms. The first kappa shape index (κ1) is 18.8. The van der Waals surface area contributed by atoms with Gasteiger partial charge in [0.1, 0.15) is 0 Å². The Bertz CT molecular complexity index is 781. The number of nitrogens with zero attached hydrogens (tertiary/aromatic N) is 2. The van der Waals surface area contributed by atoms with E-state index >= 15 is 0 Å². The van der Waals surface area contributed by atoms with E-state index in [1.165, 1.54) is 44.8 Å². The maximum Gasteiger partial charge on any atom is 0.210 e. The molecule has 0 amide bonds. The SMILES string of the molecule is COC1N(c2c(C)cc(C)cc2C)CC(C)N1c1c(C)cc(C)cc1C. The van der Waals surface area contributed by atoms with Crippen molar-refractivity contribution in [1.82, 2.24) is 0 Å². The topological polar surface area (TPSA) is 15.7 Å². The van der Waals surface area contributed by atoms with Gasteiger partial charge in [0.25, 0.3) is 0 Å². The summed E-state index contributed by atoms with van der Waals surface area (Å²) in [5, 5.41) is 0. The second-order valence-corrected chi connectivity index (χ2v) is 7.97. The van der Waals surface area contributed by atoms with Gasteiger partial charge in [-0.15, -0.1) is 0 Å². The van der Waals surface area contributed by atoms with Gasteiger partial charge < -0.3 is 14.5 Å². The summed E-state index contributed by atoms with van der Waals surface area (Å²) in [7, 11) is 1.82. The minimum absolute atomic E-state index is 0.0924. The van der Waals surface area contributed by atoms with Crippen molar-refractivity contribution in [2.24, 2.45) is 0 Å². The number of aryl methyl sites for hydroxylation is 6. The molecule has 140 valence electrons. The zero-order chi connectivity index (χ0) is 19.2.